The Balaban J connectivity index is 1.90. The number of rotatable bonds is 4. The van der Waals surface area contributed by atoms with Crippen molar-refractivity contribution >= 4 is 11.8 Å². The highest BCUT2D eigenvalue weighted by molar-refractivity contribution is 7.99. The van der Waals surface area contributed by atoms with E-state index in [4.69, 9.17) is 0 Å². The molecule has 0 aromatic carbocycles. The van der Waals surface area contributed by atoms with E-state index in [0.29, 0.717) is 0 Å². The van der Waals surface area contributed by atoms with Gasteiger partial charge in [-0.05, 0) is 19.1 Å². The maximum atomic E-state index is 3.49. The molecule has 1 unspecified atom stereocenters. The summed E-state index contributed by atoms with van der Waals surface area (Å²) in [5, 5.41) is 4.27. The lowest BCUT2D eigenvalue weighted by atomic mass is 10.4. The van der Waals surface area contributed by atoms with Gasteiger partial charge in [0.2, 0.25) is 0 Å². The average Bonchev–Trinajstić information content (AvgIpc) is 2.65. The third kappa shape index (κ3) is 3.11. The molecular weight excluding hydrogens is 130 g/mol. The summed E-state index contributed by atoms with van der Waals surface area (Å²) in [4.78, 5) is 0. The fraction of sp³-hybridized carbons (Fsp3) is 1.00. The minimum atomic E-state index is 0.783. The van der Waals surface area contributed by atoms with Crippen molar-refractivity contribution in [1.29, 1.82) is 0 Å². The molecule has 1 nitrogen and oxygen atoms in total. The second-order valence-electron chi connectivity index (χ2n) is 2.73. The number of hydrogen-bond donors (Lipinski definition) is 1. The smallest absolute Gasteiger partial charge is 0.0141 e. The van der Waals surface area contributed by atoms with Crippen LogP contribution in [0.4, 0.5) is 0 Å². The summed E-state index contributed by atoms with van der Waals surface area (Å²) >= 11 is 1.93. The van der Waals surface area contributed by atoms with E-state index in [1.807, 2.05) is 11.8 Å². The predicted octanol–water partition coefficient (Wildman–Crippen LogP) is 1.49. The molecule has 1 atom stereocenters. The Labute approximate surface area is 61.6 Å². The van der Waals surface area contributed by atoms with Gasteiger partial charge in [-0.1, -0.05) is 6.92 Å². The fourth-order valence-electron chi connectivity index (χ4n) is 0.703. The van der Waals surface area contributed by atoms with Crippen LogP contribution >= 0.6 is 11.8 Å². The zero-order valence-electron chi connectivity index (χ0n) is 6.18. The molecule has 0 amide bonds. The molecular formula is C7H15NS. The van der Waals surface area contributed by atoms with Gasteiger partial charge in [0, 0.05) is 17.8 Å². The van der Waals surface area contributed by atoms with Crippen molar-refractivity contribution in [3.63, 3.8) is 0 Å². The molecule has 0 bridgehead atoms. The lowest BCUT2D eigenvalue weighted by Gasteiger charge is -2.07. The van der Waals surface area contributed by atoms with Crippen LogP contribution in [0.25, 0.3) is 0 Å². The highest BCUT2D eigenvalue weighted by atomic mass is 32.2. The van der Waals surface area contributed by atoms with Crippen LogP contribution in [0.3, 0.4) is 0 Å². The molecule has 1 saturated carbocycles. The zero-order valence-corrected chi connectivity index (χ0v) is 7.00. The lowest BCUT2D eigenvalue weighted by molar-refractivity contribution is 0.680. The van der Waals surface area contributed by atoms with Gasteiger partial charge in [0.25, 0.3) is 0 Å². The largest absolute Gasteiger partial charge is 0.313 e. The van der Waals surface area contributed by atoms with Gasteiger partial charge in [-0.3, -0.25) is 0 Å². The Hall–Kier alpha value is 0.310. The molecule has 0 saturated heterocycles. The summed E-state index contributed by atoms with van der Waals surface area (Å²) in [6, 6.07) is 0.875. The summed E-state index contributed by atoms with van der Waals surface area (Å²) < 4.78 is 0. The fourth-order valence-corrected chi connectivity index (χ4v) is 0.966. The van der Waals surface area contributed by atoms with Gasteiger partial charge in [-0.15, -0.1) is 0 Å². The Bertz CT molecular complexity index is 81.0. The van der Waals surface area contributed by atoms with E-state index in [2.05, 4.69) is 18.5 Å². The summed E-state index contributed by atoms with van der Waals surface area (Å²) in [5.41, 5.74) is 0. The third-order valence-corrected chi connectivity index (χ3v) is 2.65. The second kappa shape index (κ2) is 3.47. The molecule has 0 aliphatic heterocycles. The Morgan fingerprint density at radius 2 is 2.33 bits per heavy atom. The molecule has 2 heteroatoms. The van der Waals surface area contributed by atoms with Gasteiger partial charge in [0.1, 0.15) is 0 Å². The van der Waals surface area contributed by atoms with Crippen LogP contribution in [0.1, 0.15) is 19.8 Å². The van der Waals surface area contributed by atoms with Crippen molar-refractivity contribution in [2.75, 3.05) is 12.8 Å². The molecule has 0 spiro atoms. The normalized spacial score (nSPS) is 22.0. The summed E-state index contributed by atoms with van der Waals surface area (Å²) in [7, 11) is 0. The topological polar surface area (TPSA) is 12.0 Å². The monoisotopic (exact) mass is 145 g/mol. The van der Waals surface area contributed by atoms with Crippen molar-refractivity contribution in [1.82, 2.24) is 5.32 Å². The molecule has 0 heterocycles. The number of thioether (sulfide) groups is 1. The number of hydrogen-bond acceptors (Lipinski definition) is 2. The first-order valence-electron chi connectivity index (χ1n) is 3.59. The first-order chi connectivity index (χ1) is 4.33. The zero-order chi connectivity index (χ0) is 6.69. The van der Waals surface area contributed by atoms with Gasteiger partial charge < -0.3 is 5.32 Å². The van der Waals surface area contributed by atoms with Crippen molar-refractivity contribution in [2.24, 2.45) is 0 Å². The molecule has 1 rings (SSSR count). The minimum Gasteiger partial charge on any atom is -0.313 e. The van der Waals surface area contributed by atoms with Crippen LogP contribution in [0.2, 0.25) is 0 Å². The average molecular weight is 145 g/mol. The lowest BCUT2D eigenvalue weighted by Crippen LogP contribution is -2.24. The minimum absolute atomic E-state index is 0.783. The van der Waals surface area contributed by atoms with E-state index >= 15 is 0 Å². The quantitative estimate of drug-likeness (QED) is 0.643. The Morgan fingerprint density at radius 1 is 1.67 bits per heavy atom. The maximum absolute atomic E-state index is 3.49. The predicted molar refractivity (Wildman–Crippen MR) is 44.0 cm³/mol. The Kier molecular flexibility index (Phi) is 2.86. The molecule has 0 radical (unpaired) electrons. The molecule has 0 aromatic rings. The van der Waals surface area contributed by atoms with Crippen molar-refractivity contribution < 1.29 is 0 Å². The van der Waals surface area contributed by atoms with E-state index in [9.17, 15) is 0 Å². The molecule has 0 aromatic heterocycles. The van der Waals surface area contributed by atoms with Gasteiger partial charge in [-0.2, -0.15) is 11.8 Å². The van der Waals surface area contributed by atoms with Gasteiger partial charge in [0.15, 0.2) is 0 Å². The summed E-state index contributed by atoms with van der Waals surface area (Å²) in [6.07, 6.45) is 4.97. The van der Waals surface area contributed by atoms with E-state index in [0.717, 1.165) is 11.3 Å². The first-order valence-corrected chi connectivity index (χ1v) is 4.88. The molecule has 1 aliphatic rings. The Morgan fingerprint density at radius 3 is 2.78 bits per heavy atom. The second-order valence-corrected chi connectivity index (χ2v) is 4.00. The van der Waals surface area contributed by atoms with Crippen LogP contribution in [-0.2, 0) is 0 Å². The van der Waals surface area contributed by atoms with Gasteiger partial charge in [-0.25, -0.2) is 0 Å². The molecule has 1 fully saturated rings. The van der Waals surface area contributed by atoms with Crippen LogP contribution in [-0.4, -0.2) is 24.1 Å². The van der Waals surface area contributed by atoms with Crippen LogP contribution < -0.4 is 5.32 Å². The van der Waals surface area contributed by atoms with Crippen LogP contribution in [0, 0.1) is 0 Å². The molecule has 1 aliphatic carbocycles. The van der Waals surface area contributed by atoms with Gasteiger partial charge in [0.05, 0.1) is 0 Å². The maximum Gasteiger partial charge on any atom is 0.0141 e. The highest BCUT2D eigenvalue weighted by Crippen LogP contribution is 2.19. The SMILES string of the molecule is CSC(C)CNC1CC1. The van der Waals surface area contributed by atoms with Crippen molar-refractivity contribution in [3.8, 4) is 0 Å². The van der Waals surface area contributed by atoms with Crippen molar-refractivity contribution in [2.45, 2.75) is 31.1 Å². The molecule has 54 valence electrons. The summed E-state index contributed by atoms with van der Waals surface area (Å²) in [5.74, 6) is 0. The van der Waals surface area contributed by atoms with E-state index in [1.165, 1.54) is 19.4 Å². The van der Waals surface area contributed by atoms with Gasteiger partial charge >= 0.3 is 0 Å². The van der Waals surface area contributed by atoms with Crippen LogP contribution in [0.5, 0.6) is 0 Å². The van der Waals surface area contributed by atoms with E-state index < -0.39 is 0 Å². The number of nitrogens with one attached hydrogen (secondary N) is 1. The summed E-state index contributed by atoms with van der Waals surface area (Å²) in [6.45, 7) is 3.45. The van der Waals surface area contributed by atoms with E-state index in [1.54, 1.807) is 0 Å². The standard InChI is InChI=1S/C7H15NS/c1-6(9-2)5-8-7-3-4-7/h6-8H,3-5H2,1-2H3. The van der Waals surface area contributed by atoms with Crippen LogP contribution in [0.15, 0.2) is 0 Å². The third-order valence-electron chi connectivity index (χ3n) is 1.67. The van der Waals surface area contributed by atoms with Crippen molar-refractivity contribution in [3.05, 3.63) is 0 Å². The highest BCUT2D eigenvalue weighted by Gasteiger charge is 2.20. The molecule has 1 N–H and O–H groups in total. The van der Waals surface area contributed by atoms with E-state index in [-0.39, 0.29) is 0 Å². The molecule has 9 heavy (non-hydrogen) atoms. The first kappa shape index (κ1) is 7.42.